The van der Waals surface area contributed by atoms with Crippen LogP contribution in [0.2, 0.25) is 0 Å². The Hall–Kier alpha value is -0.740. The summed E-state index contributed by atoms with van der Waals surface area (Å²) in [4.78, 5) is 0. The van der Waals surface area contributed by atoms with Gasteiger partial charge < -0.3 is 9.30 Å². The molecule has 0 spiro atoms. The monoisotopic (exact) mass is 329 g/mol. The van der Waals surface area contributed by atoms with Gasteiger partial charge in [-0.1, -0.05) is 0 Å². The Morgan fingerprint density at radius 2 is 1.93 bits per heavy atom. The van der Waals surface area contributed by atoms with Crippen LogP contribution in [0.5, 0.6) is 11.6 Å². The Bertz CT molecular complexity index is 479. The van der Waals surface area contributed by atoms with E-state index in [0.717, 1.165) is 20.6 Å². The van der Waals surface area contributed by atoms with Gasteiger partial charge in [0.15, 0.2) is 5.88 Å². The van der Waals surface area contributed by atoms with Crippen LogP contribution in [0.1, 0.15) is 0 Å². The molecule has 2 rings (SSSR count). The van der Waals surface area contributed by atoms with Crippen LogP contribution in [-0.4, -0.2) is 4.57 Å². The normalized spacial score (nSPS) is 10.3. The quantitative estimate of drug-likeness (QED) is 0.798. The number of benzene rings is 1. The van der Waals surface area contributed by atoms with E-state index in [1.165, 1.54) is 0 Å². The maximum atomic E-state index is 5.70. The number of nitrogens with zero attached hydrogens (tertiary/aromatic N) is 1. The highest BCUT2D eigenvalue weighted by atomic mass is 79.9. The lowest BCUT2D eigenvalue weighted by Crippen LogP contribution is -1.91. The van der Waals surface area contributed by atoms with Crippen molar-refractivity contribution in [3.63, 3.8) is 0 Å². The second-order valence-corrected chi connectivity index (χ2v) is 4.84. The number of aromatic nitrogens is 1. The fourth-order valence-corrected chi connectivity index (χ4v) is 1.82. The SMILES string of the molecule is Cn1cccc1Oc1ccc(Br)c(Br)c1. The smallest absolute Gasteiger partial charge is 0.199 e. The van der Waals surface area contributed by atoms with Gasteiger partial charge >= 0.3 is 0 Å². The van der Waals surface area contributed by atoms with Crippen LogP contribution in [0.15, 0.2) is 45.5 Å². The molecule has 0 radical (unpaired) electrons. The predicted octanol–water partition coefficient (Wildman–Crippen LogP) is 4.34. The average molecular weight is 331 g/mol. The number of rotatable bonds is 2. The van der Waals surface area contributed by atoms with Crippen LogP contribution in [0.4, 0.5) is 0 Å². The topological polar surface area (TPSA) is 14.2 Å². The Morgan fingerprint density at radius 3 is 2.53 bits per heavy atom. The molecule has 2 aromatic rings. The van der Waals surface area contributed by atoms with Crippen molar-refractivity contribution in [2.45, 2.75) is 0 Å². The minimum atomic E-state index is 0.812. The molecule has 0 fully saturated rings. The highest BCUT2D eigenvalue weighted by Crippen LogP contribution is 2.29. The minimum Gasteiger partial charge on any atom is -0.441 e. The van der Waals surface area contributed by atoms with Crippen molar-refractivity contribution in [1.82, 2.24) is 4.57 Å². The van der Waals surface area contributed by atoms with Crippen LogP contribution < -0.4 is 4.74 Å². The first-order valence-electron chi connectivity index (χ1n) is 4.41. The van der Waals surface area contributed by atoms with E-state index < -0.39 is 0 Å². The zero-order valence-electron chi connectivity index (χ0n) is 8.08. The maximum Gasteiger partial charge on any atom is 0.199 e. The van der Waals surface area contributed by atoms with E-state index in [0.29, 0.717) is 0 Å². The van der Waals surface area contributed by atoms with E-state index >= 15 is 0 Å². The molecule has 0 aliphatic rings. The molecule has 0 saturated carbocycles. The van der Waals surface area contributed by atoms with E-state index in [-0.39, 0.29) is 0 Å². The van der Waals surface area contributed by atoms with Gasteiger partial charge in [0.05, 0.1) is 0 Å². The minimum absolute atomic E-state index is 0.812. The molecule has 4 heteroatoms. The Balaban J connectivity index is 2.25. The molecule has 1 aromatic heterocycles. The second-order valence-electron chi connectivity index (χ2n) is 3.14. The third kappa shape index (κ3) is 2.44. The lowest BCUT2D eigenvalue weighted by Gasteiger charge is -2.07. The number of halogens is 2. The molecule has 1 aromatic carbocycles. The van der Waals surface area contributed by atoms with Crippen LogP contribution >= 0.6 is 31.9 Å². The van der Waals surface area contributed by atoms with Crippen molar-refractivity contribution in [3.8, 4) is 11.6 Å². The van der Waals surface area contributed by atoms with Crippen molar-refractivity contribution in [1.29, 1.82) is 0 Å². The highest BCUT2D eigenvalue weighted by Gasteiger charge is 2.02. The standard InChI is InChI=1S/C11H9Br2NO/c1-14-6-2-3-11(14)15-8-4-5-9(12)10(13)7-8/h2-7H,1H3. The molecule has 0 amide bonds. The number of ether oxygens (including phenoxy) is 1. The van der Waals surface area contributed by atoms with Gasteiger partial charge in [0.25, 0.3) is 0 Å². The molecular weight excluding hydrogens is 322 g/mol. The number of hydrogen-bond acceptors (Lipinski definition) is 1. The molecule has 0 N–H and O–H groups in total. The molecule has 0 aliphatic heterocycles. The third-order valence-corrected chi connectivity index (χ3v) is 3.89. The summed E-state index contributed by atoms with van der Waals surface area (Å²) < 4.78 is 9.62. The van der Waals surface area contributed by atoms with Gasteiger partial charge in [-0.25, -0.2) is 0 Å². The van der Waals surface area contributed by atoms with Gasteiger partial charge in [0.2, 0.25) is 0 Å². The van der Waals surface area contributed by atoms with Gasteiger partial charge in [-0.05, 0) is 56.1 Å². The lowest BCUT2D eigenvalue weighted by atomic mass is 10.3. The predicted molar refractivity (Wildman–Crippen MR) is 67.3 cm³/mol. The molecule has 0 unspecified atom stereocenters. The van der Waals surface area contributed by atoms with Crippen LogP contribution in [0, 0.1) is 0 Å². The van der Waals surface area contributed by atoms with Crippen molar-refractivity contribution in [2.75, 3.05) is 0 Å². The summed E-state index contributed by atoms with van der Waals surface area (Å²) in [5.41, 5.74) is 0. The molecule has 78 valence electrons. The summed E-state index contributed by atoms with van der Waals surface area (Å²) in [7, 11) is 1.95. The molecule has 2 nitrogen and oxygen atoms in total. The van der Waals surface area contributed by atoms with Gasteiger partial charge in [0, 0.05) is 28.3 Å². The molecule has 0 atom stereocenters. The summed E-state index contributed by atoms with van der Waals surface area (Å²) >= 11 is 6.85. The summed E-state index contributed by atoms with van der Waals surface area (Å²) in [6, 6.07) is 9.67. The van der Waals surface area contributed by atoms with Crippen LogP contribution in [0.3, 0.4) is 0 Å². The van der Waals surface area contributed by atoms with Gasteiger partial charge in [-0.15, -0.1) is 0 Å². The molecule has 0 saturated heterocycles. The average Bonchev–Trinajstić information content (AvgIpc) is 2.59. The zero-order valence-corrected chi connectivity index (χ0v) is 11.2. The summed E-state index contributed by atoms with van der Waals surface area (Å²) in [6.07, 6.45) is 1.95. The van der Waals surface area contributed by atoms with Gasteiger partial charge in [-0.3, -0.25) is 0 Å². The lowest BCUT2D eigenvalue weighted by molar-refractivity contribution is 0.443. The highest BCUT2D eigenvalue weighted by molar-refractivity contribution is 9.13. The van der Waals surface area contributed by atoms with Crippen LogP contribution in [0.25, 0.3) is 0 Å². The van der Waals surface area contributed by atoms with E-state index in [9.17, 15) is 0 Å². The Labute approximate surface area is 105 Å². The van der Waals surface area contributed by atoms with Gasteiger partial charge in [-0.2, -0.15) is 0 Å². The maximum absolute atomic E-state index is 5.70. The van der Waals surface area contributed by atoms with Crippen molar-refractivity contribution >= 4 is 31.9 Å². The number of hydrogen-bond donors (Lipinski definition) is 0. The van der Waals surface area contributed by atoms with E-state index in [4.69, 9.17) is 4.74 Å². The van der Waals surface area contributed by atoms with Crippen molar-refractivity contribution < 1.29 is 4.74 Å². The summed E-state index contributed by atoms with van der Waals surface area (Å²) in [5.74, 6) is 1.64. The molecule has 0 bridgehead atoms. The largest absolute Gasteiger partial charge is 0.441 e. The fourth-order valence-electron chi connectivity index (χ4n) is 1.21. The summed E-state index contributed by atoms with van der Waals surface area (Å²) in [6.45, 7) is 0. The van der Waals surface area contributed by atoms with Crippen LogP contribution in [-0.2, 0) is 7.05 Å². The second kappa shape index (κ2) is 4.41. The molecule has 0 aliphatic carbocycles. The van der Waals surface area contributed by atoms with Crippen molar-refractivity contribution in [2.24, 2.45) is 7.05 Å². The number of aryl methyl sites for hydroxylation is 1. The first-order chi connectivity index (χ1) is 7.16. The fraction of sp³-hybridized carbons (Fsp3) is 0.0909. The molecule has 15 heavy (non-hydrogen) atoms. The van der Waals surface area contributed by atoms with Gasteiger partial charge in [0.1, 0.15) is 5.75 Å². The van der Waals surface area contributed by atoms with E-state index in [1.54, 1.807) is 0 Å². The summed E-state index contributed by atoms with van der Waals surface area (Å²) in [5, 5.41) is 0. The molecular formula is C11H9Br2NO. The Kier molecular flexibility index (Phi) is 3.17. The molecule has 1 heterocycles. The van der Waals surface area contributed by atoms with E-state index in [2.05, 4.69) is 31.9 Å². The zero-order chi connectivity index (χ0) is 10.8. The third-order valence-electron chi connectivity index (χ3n) is 2.01. The first-order valence-corrected chi connectivity index (χ1v) is 5.99. The van der Waals surface area contributed by atoms with Crippen molar-refractivity contribution in [3.05, 3.63) is 45.5 Å². The van der Waals surface area contributed by atoms with E-state index in [1.807, 2.05) is 48.1 Å². The first kappa shape index (κ1) is 10.8. The Morgan fingerprint density at radius 1 is 1.13 bits per heavy atom.